The molecule has 20 heteroatoms. The van der Waals surface area contributed by atoms with Gasteiger partial charge in [-0.1, -0.05) is 203 Å². The number of para-hydroxylation sites is 4. The van der Waals surface area contributed by atoms with E-state index in [0.717, 1.165) is 24.2 Å². The van der Waals surface area contributed by atoms with Gasteiger partial charge in [0.2, 0.25) is 0 Å². The summed E-state index contributed by atoms with van der Waals surface area (Å²) in [7, 11) is -5.73. The highest BCUT2D eigenvalue weighted by atomic mass is 32.2. The van der Waals surface area contributed by atoms with Crippen molar-refractivity contribution in [1.29, 1.82) is 0 Å². The van der Waals surface area contributed by atoms with E-state index in [1.807, 2.05) is 109 Å². The lowest BCUT2D eigenvalue weighted by Crippen LogP contribution is -2.35. The summed E-state index contributed by atoms with van der Waals surface area (Å²) in [6.45, 7) is 24.1. The van der Waals surface area contributed by atoms with Crippen LogP contribution in [0, 0.1) is 10.8 Å². The Morgan fingerprint density at radius 3 is 1.46 bits per heavy atom. The maximum Gasteiger partial charge on any atom is 0.286 e. The first-order valence-corrected chi connectivity index (χ1v) is 37.8. The minimum Gasteiger partial charge on any atom is -0.455 e. The number of anilines is 7. The molecule has 2 aliphatic carbocycles. The summed E-state index contributed by atoms with van der Waals surface area (Å²) in [4.78, 5) is 52.1. The molecule has 15 rings (SSSR count). The Morgan fingerprint density at radius 1 is 0.481 bits per heavy atom. The highest BCUT2D eigenvalue weighted by molar-refractivity contribution is 7.90. The second-order valence-electron chi connectivity index (χ2n) is 30.4. The number of benzene rings is 10. The number of nitrogen functional groups attached to an aromatic ring is 1. The van der Waals surface area contributed by atoms with E-state index in [2.05, 4.69) is 124 Å². The molecule has 11 aromatic rings. The molecule has 18 nitrogen and oxygen atoms in total. The van der Waals surface area contributed by atoms with Crippen molar-refractivity contribution in [1.82, 2.24) is 9.71 Å². The Hall–Kier alpha value is -11.7. The zero-order valence-corrected chi connectivity index (χ0v) is 62.7. The van der Waals surface area contributed by atoms with E-state index < -0.39 is 20.0 Å². The molecule has 0 unspecified atom stereocenters. The van der Waals surface area contributed by atoms with Crippen LogP contribution in [0.3, 0.4) is 0 Å². The van der Waals surface area contributed by atoms with Gasteiger partial charge in [0, 0.05) is 58.2 Å². The Balaban J connectivity index is 0.000000166. The van der Waals surface area contributed by atoms with E-state index in [1.54, 1.807) is 86.8 Å². The van der Waals surface area contributed by atoms with E-state index in [0.29, 0.717) is 107 Å². The first kappa shape index (κ1) is 72.6. The fourth-order valence-corrected chi connectivity index (χ4v) is 17.2. The van der Waals surface area contributed by atoms with Crippen LogP contribution in [-0.2, 0) is 30.9 Å². The van der Waals surface area contributed by atoms with Crippen LogP contribution in [0.1, 0.15) is 153 Å². The molecule has 0 fully saturated rings. The van der Waals surface area contributed by atoms with Crippen LogP contribution < -0.4 is 41.2 Å². The monoisotopic (exact) mass is 1450 g/mol. The fourth-order valence-electron chi connectivity index (χ4n) is 14.9. The molecule has 10 aromatic carbocycles. The van der Waals surface area contributed by atoms with Crippen LogP contribution in [0.4, 0.5) is 45.6 Å². The van der Waals surface area contributed by atoms with Crippen LogP contribution in [0.25, 0.3) is 22.0 Å². The molecule has 0 spiro atoms. The van der Waals surface area contributed by atoms with Crippen LogP contribution in [-0.4, -0.2) is 57.9 Å². The number of rotatable bonds is 14. The van der Waals surface area contributed by atoms with Crippen molar-refractivity contribution in [3.8, 4) is 34.1 Å². The first-order valence-electron chi connectivity index (χ1n) is 34.9. The van der Waals surface area contributed by atoms with Crippen LogP contribution in [0.2, 0.25) is 0 Å². The lowest BCUT2D eigenvalue weighted by Gasteiger charge is -2.33. The van der Waals surface area contributed by atoms with E-state index in [-0.39, 0.29) is 71.5 Å². The molecular weight excluding hydrogens is 1370 g/mol. The van der Waals surface area contributed by atoms with E-state index in [9.17, 15) is 31.2 Å². The van der Waals surface area contributed by atoms with Crippen molar-refractivity contribution in [2.24, 2.45) is 20.2 Å². The first-order chi connectivity index (χ1) is 50.3. The van der Waals surface area contributed by atoms with E-state index >= 15 is 0 Å². The Bertz CT molecular complexity index is 5650. The van der Waals surface area contributed by atoms with Gasteiger partial charge in [-0.15, -0.1) is 4.40 Å². The van der Waals surface area contributed by atoms with Gasteiger partial charge in [0.05, 0.1) is 50.7 Å². The number of carbonyl (C=O) groups excluding carboxylic acids is 3. The van der Waals surface area contributed by atoms with Gasteiger partial charge in [0.1, 0.15) is 38.5 Å². The molecule has 0 amide bonds. The highest BCUT2D eigenvalue weighted by Gasteiger charge is 2.39. The molecule has 538 valence electrons. The number of sulfonamides is 2. The summed E-state index contributed by atoms with van der Waals surface area (Å²) in [5.41, 5.74) is 16.9. The third kappa shape index (κ3) is 14.7. The topological polar surface area (TPSA) is 262 Å². The second-order valence-corrected chi connectivity index (χ2v) is 33.7. The molecule has 4 aliphatic rings. The molecule has 0 radical (unpaired) electrons. The molecule has 7 N–H and O–H groups in total. The van der Waals surface area contributed by atoms with Gasteiger partial charge in [0.25, 0.3) is 20.0 Å². The van der Waals surface area contributed by atoms with Gasteiger partial charge < -0.3 is 36.5 Å². The molecular formula is C86H83N9O9S2. The van der Waals surface area contributed by atoms with Crippen molar-refractivity contribution in [2.75, 3.05) is 34.0 Å². The second kappa shape index (κ2) is 28.0. The molecule has 1 aromatic heterocycles. The maximum absolute atomic E-state index is 14.6. The van der Waals surface area contributed by atoms with Crippen LogP contribution in [0.15, 0.2) is 238 Å². The molecule has 0 saturated heterocycles. The minimum atomic E-state index is -3.99. The number of aliphatic imine (C=N–C) groups is 1. The number of ether oxygens (including phenoxy) is 2. The lowest BCUT2D eigenvalue weighted by molar-refractivity contribution is 0.0980. The number of ketones is 3. The van der Waals surface area contributed by atoms with Gasteiger partial charge in [-0.05, 0) is 131 Å². The number of hydrogen-bond acceptors (Lipinski definition) is 16. The van der Waals surface area contributed by atoms with Crippen molar-refractivity contribution in [3.05, 3.63) is 268 Å². The molecule has 0 bridgehead atoms. The third-order valence-corrected chi connectivity index (χ3v) is 21.5. The lowest BCUT2D eigenvalue weighted by atomic mass is 9.72. The number of carbonyl (C=O) groups is 3. The summed E-state index contributed by atoms with van der Waals surface area (Å²) < 4.78 is 69.4. The minimum absolute atomic E-state index is 0.00538. The smallest absolute Gasteiger partial charge is 0.286 e. The number of hydrogen-bond donors (Lipinski definition) is 6. The van der Waals surface area contributed by atoms with Gasteiger partial charge in [0.15, 0.2) is 34.7 Å². The maximum atomic E-state index is 14.6. The number of aromatic nitrogens is 1. The summed E-state index contributed by atoms with van der Waals surface area (Å²) in [5, 5.41) is 13.4. The average molecular weight is 1450 g/mol. The number of nitrogens with one attached hydrogen (secondary N) is 5. The highest BCUT2D eigenvalue weighted by Crippen LogP contribution is 2.51. The quantitative estimate of drug-likeness (QED) is 0.0553. The van der Waals surface area contributed by atoms with Gasteiger partial charge in [-0.25, -0.2) is 18.4 Å². The zero-order valence-electron chi connectivity index (χ0n) is 61.1. The van der Waals surface area contributed by atoms with Gasteiger partial charge in [-0.2, -0.15) is 8.42 Å². The Morgan fingerprint density at radius 2 is 0.925 bits per heavy atom. The van der Waals surface area contributed by atoms with Gasteiger partial charge >= 0.3 is 0 Å². The largest absolute Gasteiger partial charge is 0.455 e. The zero-order chi connectivity index (χ0) is 75.4. The Kier molecular flexibility index (Phi) is 19.2. The van der Waals surface area contributed by atoms with Gasteiger partial charge in [-0.3, -0.25) is 19.1 Å². The summed E-state index contributed by atoms with van der Waals surface area (Å²) in [6.07, 6.45) is 2.04. The SMILES string of the molecule is CC(C)(C)CC(C)(C)c1ccc(Oc2cc(Nc3ccccc3)c3c(c2N)C(=O)c2ccccc2C3=O)cc1.CC1=NS(=O)(=O)c2ccccc2N1.CNc1nc2c(Oc3ccc(C(C)(C)CC(C)(C)C)cc3)cc(Nc3ccccc3)c3c2c(c1C1=Nc2ccccc2S(=O)(=O)N1)-c1ccccc1C3=O. The van der Waals surface area contributed by atoms with E-state index in [4.69, 9.17) is 25.2 Å². The van der Waals surface area contributed by atoms with Crippen molar-refractivity contribution >= 4 is 106 Å². The van der Waals surface area contributed by atoms with Crippen LogP contribution >= 0.6 is 0 Å². The van der Waals surface area contributed by atoms with Crippen molar-refractivity contribution < 1.29 is 40.7 Å². The summed E-state index contributed by atoms with van der Waals surface area (Å²) >= 11 is 0. The average Bonchev–Trinajstić information content (AvgIpc) is 0.704. The molecule has 3 heterocycles. The summed E-state index contributed by atoms with van der Waals surface area (Å²) in [6, 6.07) is 66.2. The number of nitrogens with two attached hydrogens (primary N) is 1. The molecule has 0 atom stereocenters. The molecule has 0 saturated carbocycles. The van der Waals surface area contributed by atoms with Crippen molar-refractivity contribution in [2.45, 2.75) is 110 Å². The Labute approximate surface area is 618 Å². The van der Waals surface area contributed by atoms with Crippen LogP contribution in [0.5, 0.6) is 23.0 Å². The predicted octanol–water partition coefficient (Wildman–Crippen LogP) is 19.6. The predicted molar refractivity (Wildman–Crippen MR) is 424 cm³/mol. The van der Waals surface area contributed by atoms with Crippen molar-refractivity contribution in [3.63, 3.8) is 0 Å². The normalized spacial score (nSPS) is 14.4. The summed E-state index contributed by atoms with van der Waals surface area (Å²) in [5.74, 6) is 2.05. The fraction of sp³-hybridized carbons (Fsp3) is 0.209. The van der Waals surface area contributed by atoms with E-state index in [1.165, 1.54) is 23.3 Å². The third-order valence-electron chi connectivity index (χ3n) is 18.7. The number of nitrogens with zero attached hydrogens (tertiary/aromatic N) is 3. The number of amidine groups is 2. The molecule has 2 aliphatic heterocycles. The number of pyridine rings is 1. The standard InChI is InChI=1S/C44H41N5O4S.C34H34N2O3.C8H8N2O2S/c1-43(2,3)25-44(4,5)26-20-22-28(23-21-26)53-33-24-32(46-27-14-8-7-9-15-27)36-37-35(29-16-10-11-17-30(29)40(36)50)38(41(45-6)48-39(33)37)42-47-31-18-12-13-19-34(31)54(51,52)49-42;1-33(2,3)20-34(4,5)21-15-17-23(18-16-21)39-27-19-26(36-22-11-7-6-8-12-22)28-29(30(27)35)32(38)25-14-10-9-13-24(25)31(28)37;1-6-9-7-4-2-3-5-8(7)13(11,12)10-6/h7-24,46H,25H2,1-6H3,(H,45,48)(H,47,49);6-19,36H,20,35H2,1-5H3;2-5H,1H3,(H,9,10). The molecule has 106 heavy (non-hydrogen) atoms. The number of fused-ring (bicyclic) bond motifs is 6.